The van der Waals surface area contributed by atoms with E-state index in [2.05, 4.69) is 5.32 Å². The molecule has 0 bridgehead atoms. The van der Waals surface area contributed by atoms with E-state index in [1.54, 1.807) is 6.26 Å². The van der Waals surface area contributed by atoms with Gasteiger partial charge < -0.3 is 9.73 Å². The van der Waals surface area contributed by atoms with E-state index in [1.807, 2.05) is 12.1 Å². The molecule has 1 aliphatic heterocycles. The number of furan rings is 1. The molecule has 78 valence electrons. The number of hydrogen-bond acceptors (Lipinski definition) is 4. The van der Waals surface area contributed by atoms with Crippen LogP contribution in [-0.2, 0) is 16.4 Å². The SMILES string of the molecule is O=S1(=O)CC[C@H](NCc2ccco2)C1. The summed E-state index contributed by atoms with van der Waals surface area (Å²) in [4.78, 5) is 0. The van der Waals surface area contributed by atoms with Crippen LogP contribution in [0, 0.1) is 0 Å². The van der Waals surface area contributed by atoms with Gasteiger partial charge in [0.1, 0.15) is 5.76 Å². The van der Waals surface area contributed by atoms with Gasteiger partial charge in [0.15, 0.2) is 9.84 Å². The fourth-order valence-electron chi connectivity index (χ4n) is 1.61. The van der Waals surface area contributed by atoms with Gasteiger partial charge in [-0.15, -0.1) is 0 Å². The van der Waals surface area contributed by atoms with Gasteiger partial charge in [-0.2, -0.15) is 0 Å². The first-order chi connectivity index (χ1) is 6.66. The Morgan fingerprint density at radius 2 is 2.43 bits per heavy atom. The largest absolute Gasteiger partial charge is 0.468 e. The summed E-state index contributed by atoms with van der Waals surface area (Å²) in [6.45, 7) is 0.604. The van der Waals surface area contributed by atoms with Gasteiger partial charge in [0, 0.05) is 6.04 Å². The molecule has 1 saturated heterocycles. The van der Waals surface area contributed by atoms with E-state index in [0.29, 0.717) is 18.7 Å². The van der Waals surface area contributed by atoms with Crippen LogP contribution in [0.3, 0.4) is 0 Å². The first-order valence-corrected chi connectivity index (χ1v) is 6.44. The van der Waals surface area contributed by atoms with Crippen LogP contribution in [0.2, 0.25) is 0 Å². The van der Waals surface area contributed by atoms with Gasteiger partial charge in [-0.05, 0) is 18.6 Å². The molecule has 0 aliphatic carbocycles. The molecule has 0 spiro atoms. The molecule has 1 fully saturated rings. The summed E-state index contributed by atoms with van der Waals surface area (Å²) in [5, 5.41) is 3.17. The topological polar surface area (TPSA) is 59.3 Å². The van der Waals surface area contributed by atoms with E-state index in [-0.39, 0.29) is 11.8 Å². The molecule has 1 atom stereocenters. The zero-order chi connectivity index (χ0) is 10.0. The molecule has 1 aromatic rings. The second-order valence-electron chi connectivity index (χ2n) is 3.56. The van der Waals surface area contributed by atoms with Crippen molar-refractivity contribution in [3.63, 3.8) is 0 Å². The third-order valence-corrected chi connectivity index (χ3v) is 4.15. The van der Waals surface area contributed by atoms with Crippen molar-refractivity contribution in [1.82, 2.24) is 5.32 Å². The number of hydrogen-bond donors (Lipinski definition) is 1. The summed E-state index contributed by atoms with van der Waals surface area (Å²) in [6, 6.07) is 3.78. The first-order valence-electron chi connectivity index (χ1n) is 4.62. The Morgan fingerprint density at radius 3 is 3.00 bits per heavy atom. The molecule has 14 heavy (non-hydrogen) atoms. The second-order valence-corrected chi connectivity index (χ2v) is 5.79. The molecule has 1 N–H and O–H groups in total. The zero-order valence-corrected chi connectivity index (χ0v) is 8.59. The minimum absolute atomic E-state index is 0.0881. The highest BCUT2D eigenvalue weighted by Crippen LogP contribution is 2.12. The average molecular weight is 215 g/mol. The Bertz CT molecular complexity index is 382. The monoisotopic (exact) mass is 215 g/mol. The number of nitrogens with one attached hydrogen (secondary N) is 1. The lowest BCUT2D eigenvalue weighted by atomic mass is 10.2. The van der Waals surface area contributed by atoms with Gasteiger partial charge in [-0.3, -0.25) is 0 Å². The normalized spacial score (nSPS) is 25.3. The predicted octanol–water partition coefficient (Wildman–Crippen LogP) is 0.556. The van der Waals surface area contributed by atoms with Crippen molar-refractivity contribution in [2.24, 2.45) is 0 Å². The Labute approximate surface area is 83.2 Å². The quantitative estimate of drug-likeness (QED) is 0.800. The van der Waals surface area contributed by atoms with Crippen LogP contribution in [0.4, 0.5) is 0 Å². The van der Waals surface area contributed by atoms with Gasteiger partial charge in [0.2, 0.25) is 0 Å². The van der Waals surface area contributed by atoms with Gasteiger partial charge in [-0.1, -0.05) is 0 Å². The summed E-state index contributed by atoms with van der Waals surface area (Å²) in [5.41, 5.74) is 0. The fraction of sp³-hybridized carbons (Fsp3) is 0.556. The predicted molar refractivity (Wildman–Crippen MR) is 52.6 cm³/mol. The molecule has 1 aromatic heterocycles. The summed E-state index contributed by atoms with van der Waals surface area (Å²) < 4.78 is 27.4. The number of sulfone groups is 1. The molecule has 2 heterocycles. The average Bonchev–Trinajstić information content (AvgIpc) is 2.70. The van der Waals surface area contributed by atoms with E-state index in [0.717, 1.165) is 5.76 Å². The van der Waals surface area contributed by atoms with Gasteiger partial charge >= 0.3 is 0 Å². The maximum absolute atomic E-state index is 11.1. The van der Waals surface area contributed by atoms with Crippen molar-refractivity contribution in [2.75, 3.05) is 11.5 Å². The molecular weight excluding hydrogens is 202 g/mol. The van der Waals surface area contributed by atoms with Crippen LogP contribution in [0.25, 0.3) is 0 Å². The second kappa shape index (κ2) is 3.74. The standard InChI is InChI=1S/C9H13NO3S/c11-14(12)5-3-8(7-14)10-6-9-2-1-4-13-9/h1-2,4,8,10H,3,5-7H2/t8-/m0/s1. The van der Waals surface area contributed by atoms with Crippen molar-refractivity contribution < 1.29 is 12.8 Å². The molecule has 2 rings (SSSR count). The molecule has 0 aromatic carbocycles. The van der Waals surface area contributed by atoms with E-state index in [4.69, 9.17) is 4.42 Å². The molecule has 4 nitrogen and oxygen atoms in total. The third-order valence-electron chi connectivity index (χ3n) is 2.38. The smallest absolute Gasteiger partial charge is 0.151 e. The van der Waals surface area contributed by atoms with Crippen LogP contribution in [0.15, 0.2) is 22.8 Å². The van der Waals surface area contributed by atoms with Crippen molar-refractivity contribution >= 4 is 9.84 Å². The van der Waals surface area contributed by atoms with Crippen molar-refractivity contribution in [3.8, 4) is 0 Å². The van der Waals surface area contributed by atoms with E-state index in [1.165, 1.54) is 0 Å². The highest BCUT2D eigenvalue weighted by molar-refractivity contribution is 7.91. The minimum Gasteiger partial charge on any atom is -0.468 e. The molecule has 0 radical (unpaired) electrons. The van der Waals surface area contributed by atoms with Crippen molar-refractivity contribution in [2.45, 2.75) is 19.0 Å². The summed E-state index contributed by atoms with van der Waals surface area (Å²) in [5.74, 6) is 1.41. The van der Waals surface area contributed by atoms with Gasteiger partial charge in [0.05, 0.1) is 24.3 Å². The Kier molecular flexibility index (Phi) is 2.60. The lowest BCUT2D eigenvalue weighted by molar-refractivity contribution is 0.457. The Hall–Kier alpha value is -0.810. The molecular formula is C9H13NO3S. The van der Waals surface area contributed by atoms with Gasteiger partial charge in [0.25, 0.3) is 0 Å². The first kappa shape index (κ1) is 9.73. The Balaban J connectivity index is 1.83. The van der Waals surface area contributed by atoms with E-state index < -0.39 is 9.84 Å². The lowest BCUT2D eigenvalue weighted by Crippen LogP contribution is -2.29. The van der Waals surface area contributed by atoms with Crippen molar-refractivity contribution in [1.29, 1.82) is 0 Å². The number of rotatable bonds is 3. The van der Waals surface area contributed by atoms with E-state index in [9.17, 15) is 8.42 Å². The minimum atomic E-state index is -2.78. The molecule has 0 amide bonds. The molecule has 5 heteroatoms. The zero-order valence-electron chi connectivity index (χ0n) is 7.77. The Morgan fingerprint density at radius 1 is 1.57 bits per heavy atom. The highest BCUT2D eigenvalue weighted by Gasteiger charge is 2.27. The van der Waals surface area contributed by atoms with Crippen LogP contribution in [0.1, 0.15) is 12.2 Å². The van der Waals surface area contributed by atoms with Crippen LogP contribution in [-0.4, -0.2) is 26.0 Å². The lowest BCUT2D eigenvalue weighted by Gasteiger charge is -2.08. The van der Waals surface area contributed by atoms with Crippen LogP contribution < -0.4 is 5.32 Å². The summed E-state index contributed by atoms with van der Waals surface area (Å²) in [7, 11) is -2.78. The van der Waals surface area contributed by atoms with Gasteiger partial charge in [-0.25, -0.2) is 8.42 Å². The fourth-order valence-corrected chi connectivity index (χ4v) is 3.32. The molecule has 0 unspecified atom stereocenters. The van der Waals surface area contributed by atoms with Crippen LogP contribution >= 0.6 is 0 Å². The third kappa shape index (κ3) is 2.36. The molecule has 1 aliphatic rings. The highest BCUT2D eigenvalue weighted by atomic mass is 32.2. The summed E-state index contributed by atoms with van der Waals surface area (Å²) >= 11 is 0. The van der Waals surface area contributed by atoms with Crippen molar-refractivity contribution in [3.05, 3.63) is 24.2 Å². The summed E-state index contributed by atoms with van der Waals surface area (Å²) in [6.07, 6.45) is 2.32. The molecule has 0 saturated carbocycles. The maximum atomic E-state index is 11.1. The van der Waals surface area contributed by atoms with Crippen LogP contribution in [0.5, 0.6) is 0 Å². The maximum Gasteiger partial charge on any atom is 0.151 e. The van der Waals surface area contributed by atoms with E-state index >= 15 is 0 Å².